The number of aromatic nitrogens is 1. The van der Waals surface area contributed by atoms with Gasteiger partial charge in [-0.3, -0.25) is 14.9 Å². The molecular weight excluding hydrogens is 597 g/mol. The standard InChI is InChI=1S/C31H27F3N4O7/c1-2-43-30(40)37-36-25(17-23-24(31(32,33)34)13-14-35-29(23)39)22-15-26(38(41)42)28(45-19-21-11-7-4-8-12-21)27(16-22)44-18-20-9-5-3-6-10-20/h3-16H,2,17-19H2,1H3,(H,35,39)(H,37,40)/b36-25-. The lowest BCUT2D eigenvalue weighted by Crippen LogP contribution is -2.26. The number of nitro groups is 1. The Kier molecular flexibility index (Phi) is 10.5. The Morgan fingerprint density at radius 3 is 2.18 bits per heavy atom. The second-order valence-electron chi connectivity index (χ2n) is 9.39. The molecule has 1 heterocycles. The fourth-order valence-corrected chi connectivity index (χ4v) is 4.21. The number of hydrazone groups is 1. The predicted molar refractivity (Wildman–Crippen MR) is 157 cm³/mol. The van der Waals surface area contributed by atoms with Crippen LogP contribution in [-0.2, 0) is 30.5 Å². The number of hydrogen-bond donors (Lipinski definition) is 2. The van der Waals surface area contributed by atoms with Gasteiger partial charge in [0.05, 0.1) is 22.8 Å². The predicted octanol–water partition coefficient (Wildman–Crippen LogP) is 6.15. The van der Waals surface area contributed by atoms with Crippen molar-refractivity contribution in [3.05, 3.63) is 133 Å². The zero-order valence-corrected chi connectivity index (χ0v) is 23.8. The van der Waals surface area contributed by atoms with Crippen LogP contribution in [0, 0.1) is 10.1 Å². The van der Waals surface area contributed by atoms with Crippen molar-refractivity contribution in [1.82, 2.24) is 10.4 Å². The molecule has 4 aromatic rings. The second-order valence-corrected chi connectivity index (χ2v) is 9.39. The first-order valence-corrected chi connectivity index (χ1v) is 13.5. The summed E-state index contributed by atoms with van der Waals surface area (Å²) in [5, 5.41) is 16.2. The highest BCUT2D eigenvalue weighted by molar-refractivity contribution is 6.03. The molecule has 0 fully saturated rings. The van der Waals surface area contributed by atoms with E-state index < -0.39 is 46.0 Å². The number of alkyl halides is 3. The molecule has 234 valence electrons. The summed E-state index contributed by atoms with van der Waals surface area (Å²) >= 11 is 0. The Morgan fingerprint density at radius 1 is 0.978 bits per heavy atom. The smallest absolute Gasteiger partial charge is 0.427 e. The molecular formula is C31H27F3N4O7. The zero-order valence-electron chi connectivity index (χ0n) is 23.8. The maximum absolute atomic E-state index is 13.9. The topological polar surface area (TPSA) is 145 Å². The van der Waals surface area contributed by atoms with Gasteiger partial charge in [-0.15, -0.1) is 0 Å². The molecule has 0 aliphatic carbocycles. The largest absolute Gasteiger partial charge is 0.485 e. The molecule has 0 aliphatic heterocycles. The van der Waals surface area contributed by atoms with E-state index in [0.29, 0.717) is 17.2 Å². The monoisotopic (exact) mass is 624 g/mol. The van der Waals surface area contributed by atoms with Gasteiger partial charge in [0.15, 0.2) is 5.75 Å². The molecule has 1 aromatic heterocycles. The number of pyridine rings is 1. The molecule has 1 amide bonds. The highest BCUT2D eigenvalue weighted by Crippen LogP contribution is 2.40. The minimum atomic E-state index is -4.91. The van der Waals surface area contributed by atoms with Crippen LogP contribution in [0.1, 0.15) is 34.7 Å². The van der Waals surface area contributed by atoms with E-state index in [1.807, 2.05) is 0 Å². The van der Waals surface area contributed by atoms with Crippen molar-refractivity contribution < 1.29 is 37.1 Å². The van der Waals surface area contributed by atoms with Gasteiger partial charge in [0, 0.05) is 29.8 Å². The van der Waals surface area contributed by atoms with Crippen molar-refractivity contribution in [2.45, 2.75) is 32.7 Å². The molecule has 2 N–H and O–H groups in total. The Balaban J connectivity index is 1.85. The summed E-state index contributed by atoms with van der Waals surface area (Å²) in [5.41, 5.74) is -0.598. The lowest BCUT2D eigenvalue weighted by Gasteiger charge is -2.17. The third-order valence-electron chi connectivity index (χ3n) is 6.30. The molecule has 14 heteroatoms. The number of rotatable bonds is 12. The fraction of sp³-hybridized carbons (Fsp3) is 0.194. The molecule has 45 heavy (non-hydrogen) atoms. The van der Waals surface area contributed by atoms with Crippen LogP contribution in [0.25, 0.3) is 0 Å². The van der Waals surface area contributed by atoms with E-state index in [1.165, 1.54) is 13.0 Å². The first-order valence-electron chi connectivity index (χ1n) is 13.5. The van der Waals surface area contributed by atoms with E-state index in [-0.39, 0.29) is 42.6 Å². The van der Waals surface area contributed by atoms with E-state index in [4.69, 9.17) is 14.2 Å². The molecule has 0 saturated heterocycles. The SMILES string of the molecule is CCOC(=O)N/N=C(/Cc1c(C(F)(F)F)cc[nH]c1=O)c1cc(OCc2ccccc2)c(OCc2ccccc2)c([N+](=O)[O-])c1. The average molecular weight is 625 g/mol. The number of hydrogen-bond acceptors (Lipinski definition) is 8. The summed E-state index contributed by atoms with van der Waals surface area (Å²) in [6.45, 7) is 1.37. The Hall–Kier alpha value is -5.66. The van der Waals surface area contributed by atoms with Crippen LogP contribution in [0.2, 0.25) is 0 Å². The minimum Gasteiger partial charge on any atom is -0.485 e. The van der Waals surface area contributed by atoms with Crippen molar-refractivity contribution in [1.29, 1.82) is 0 Å². The molecule has 0 unspecified atom stereocenters. The Labute approximate surface area is 254 Å². The van der Waals surface area contributed by atoms with Crippen LogP contribution in [0.5, 0.6) is 11.5 Å². The van der Waals surface area contributed by atoms with E-state index in [9.17, 15) is 32.9 Å². The van der Waals surface area contributed by atoms with Crippen molar-refractivity contribution in [2.75, 3.05) is 6.61 Å². The lowest BCUT2D eigenvalue weighted by atomic mass is 9.98. The molecule has 0 radical (unpaired) electrons. The molecule has 11 nitrogen and oxygen atoms in total. The Bertz CT molecular complexity index is 1730. The number of benzene rings is 3. The maximum Gasteiger partial charge on any atom is 0.427 e. The summed E-state index contributed by atoms with van der Waals surface area (Å²) in [6, 6.07) is 20.7. The third-order valence-corrected chi connectivity index (χ3v) is 6.30. The van der Waals surface area contributed by atoms with Crippen molar-refractivity contribution >= 4 is 17.5 Å². The molecule has 0 bridgehead atoms. The number of carbonyl (C=O) groups is 1. The molecule has 0 spiro atoms. The number of nitro benzene ring substituents is 1. The first kappa shape index (κ1) is 32.3. The molecule has 0 saturated carbocycles. The summed E-state index contributed by atoms with van der Waals surface area (Å²) in [6.07, 6.45) is -5.88. The van der Waals surface area contributed by atoms with Crippen LogP contribution in [-0.4, -0.2) is 28.3 Å². The number of halogens is 3. The number of amides is 1. The van der Waals surface area contributed by atoms with Crippen molar-refractivity contribution in [3.8, 4) is 11.5 Å². The van der Waals surface area contributed by atoms with Crippen molar-refractivity contribution in [3.63, 3.8) is 0 Å². The number of aromatic amines is 1. The molecule has 0 atom stereocenters. The Morgan fingerprint density at radius 2 is 1.60 bits per heavy atom. The van der Waals surface area contributed by atoms with E-state index in [1.54, 1.807) is 60.7 Å². The third kappa shape index (κ3) is 8.69. The normalized spacial score (nSPS) is 11.5. The van der Waals surface area contributed by atoms with Crippen molar-refractivity contribution in [2.24, 2.45) is 5.10 Å². The molecule has 0 aliphatic rings. The van der Waals surface area contributed by atoms with Gasteiger partial charge >= 0.3 is 18.0 Å². The summed E-state index contributed by atoms with van der Waals surface area (Å²) < 4.78 is 58.2. The van der Waals surface area contributed by atoms with Gasteiger partial charge in [-0.1, -0.05) is 60.7 Å². The van der Waals surface area contributed by atoms with E-state index >= 15 is 0 Å². The fourth-order valence-electron chi connectivity index (χ4n) is 4.21. The van der Waals surface area contributed by atoms with Gasteiger partial charge in [0.1, 0.15) is 13.2 Å². The number of H-pyrrole nitrogens is 1. The van der Waals surface area contributed by atoms with Crippen LogP contribution in [0.15, 0.2) is 95.0 Å². The molecule has 4 rings (SSSR count). The number of nitrogens with one attached hydrogen (secondary N) is 2. The maximum atomic E-state index is 13.9. The van der Waals surface area contributed by atoms with E-state index in [2.05, 4.69) is 15.5 Å². The van der Waals surface area contributed by atoms with Crippen LogP contribution in [0.4, 0.5) is 23.7 Å². The van der Waals surface area contributed by atoms with Gasteiger partial charge in [-0.2, -0.15) is 18.3 Å². The van der Waals surface area contributed by atoms with Crippen LogP contribution >= 0.6 is 0 Å². The number of carbonyl (C=O) groups excluding carboxylic acids is 1. The van der Waals surface area contributed by atoms with Crippen LogP contribution < -0.4 is 20.5 Å². The van der Waals surface area contributed by atoms with Gasteiger partial charge in [-0.25, -0.2) is 10.2 Å². The highest BCUT2D eigenvalue weighted by atomic mass is 19.4. The van der Waals surface area contributed by atoms with Crippen LogP contribution in [0.3, 0.4) is 0 Å². The average Bonchev–Trinajstić information content (AvgIpc) is 3.02. The summed E-state index contributed by atoms with van der Waals surface area (Å²) in [7, 11) is 0. The van der Waals surface area contributed by atoms with Gasteiger partial charge in [-0.05, 0) is 30.2 Å². The number of ether oxygens (including phenoxy) is 3. The van der Waals surface area contributed by atoms with Gasteiger partial charge in [0.25, 0.3) is 5.56 Å². The highest BCUT2D eigenvalue weighted by Gasteiger charge is 2.35. The lowest BCUT2D eigenvalue weighted by molar-refractivity contribution is -0.386. The first-order chi connectivity index (χ1) is 21.6. The zero-order chi connectivity index (χ0) is 32.4. The van der Waals surface area contributed by atoms with Gasteiger partial charge in [0.2, 0.25) is 5.75 Å². The number of nitrogens with zero attached hydrogens (tertiary/aromatic N) is 2. The quantitative estimate of drug-likeness (QED) is 0.109. The van der Waals surface area contributed by atoms with E-state index in [0.717, 1.165) is 12.3 Å². The van der Waals surface area contributed by atoms with Gasteiger partial charge < -0.3 is 19.2 Å². The summed E-state index contributed by atoms with van der Waals surface area (Å²) in [5.74, 6) is -0.365. The second kappa shape index (κ2) is 14.7. The molecule has 3 aromatic carbocycles. The summed E-state index contributed by atoms with van der Waals surface area (Å²) in [4.78, 5) is 38.4. The minimum absolute atomic E-state index is 0.0380.